The maximum atomic E-state index is 12.4. The minimum absolute atomic E-state index is 0.238. The van der Waals surface area contributed by atoms with Crippen LogP contribution in [0.3, 0.4) is 0 Å². The third-order valence-corrected chi connectivity index (χ3v) is 4.20. The Kier molecular flexibility index (Phi) is 4.05. The van der Waals surface area contributed by atoms with E-state index in [1.807, 2.05) is 60.0 Å². The van der Waals surface area contributed by atoms with Crippen LogP contribution in [0, 0.1) is 0 Å². The number of hydrogen-bond acceptors (Lipinski definition) is 5. The number of nitrogens with one attached hydrogen (secondary N) is 2. The topological polar surface area (TPSA) is 83.6 Å². The Morgan fingerprint density at radius 1 is 0.960 bits per heavy atom. The van der Waals surface area contributed by atoms with Crippen LogP contribution in [0.4, 0.5) is 5.69 Å². The van der Waals surface area contributed by atoms with Gasteiger partial charge in [0.05, 0.1) is 5.69 Å². The number of nitrogens with zero attached hydrogens (tertiary/aromatic N) is 3. The van der Waals surface area contributed by atoms with Crippen molar-refractivity contribution >= 4 is 23.1 Å². The lowest BCUT2D eigenvalue weighted by Crippen LogP contribution is -2.12. The van der Waals surface area contributed by atoms with E-state index in [1.54, 1.807) is 6.07 Å². The van der Waals surface area contributed by atoms with E-state index in [9.17, 15) is 4.79 Å². The highest BCUT2D eigenvalue weighted by atomic mass is 32.1. The lowest BCUT2D eigenvalue weighted by atomic mass is 10.1. The molecule has 0 aliphatic heterocycles. The van der Waals surface area contributed by atoms with Crippen molar-refractivity contribution in [2.24, 2.45) is 0 Å². The average Bonchev–Trinajstić information content (AvgIpc) is 3.35. The van der Waals surface area contributed by atoms with Gasteiger partial charge in [-0.3, -0.25) is 9.89 Å². The molecule has 4 rings (SSSR count). The second-order valence-corrected chi connectivity index (χ2v) is 5.96. The molecule has 0 atom stereocenters. The minimum Gasteiger partial charge on any atom is -0.321 e. The third kappa shape index (κ3) is 3.31. The molecule has 7 heteroatoms. The average molecular weight is 347 g/mol. The van der Waals surface area contributed by atoms with Crippen molar-refractivity contribution in [3.05, 3.63) is 71.7 Å². The number of amides is 1. The molecule has 0 spiro atoms. The van der Waals surface area contributed by atoms with Crippen LogP contribution in [-0.2, 0) is 0 Å². The molecule has 25 heavy (non-hydrogen) atoms. The standard InChI is InChI=1S/C18H13N5OS/c24-18(16-10-15(20-21-16)12-4-2-1-3-5-12)19-14-8-6-13(7-9-14)17-11-25-23-22-17/h1-11H,(H,19,24)(H,20,21). The van der Waals surface area contributed by atoms with E-state index < -0.39 is 0 Å². The minimum atomic E-state index is -0.238. The number of anilines is 1. The number of rotatable bonds is 4. The molecular weight excluding hydrogens is 334 g/mol. The van der Waals surface area contributed by atoms with Crippen molar-refractivity contribution in [3.63, 3.8) is 0 Å². The molecule has 122 valence electrons. The zero-order chi connectivity index (χ0) is 17.1. The fraction of sp³-hybridized carbons (Fsp3) is 0. The summed E-state index contributed by atoms with van der Waals surface area (Å²) >= 11 is 1.31. The maximum Gasteiger partial charge on any atom is 0.273 e. The van der Waals surface area contributed by atoms with Crippen LogP contribution >= 0.6 is 11.5 Å². The van der Waals surface area contributed by atoms with E-state index in [0.29, 0.717) is 11.4 Å². The van der Waals surface area contributed by atoms with Gasteiger partial charge in [0, 0.05) is 22.2 Å². The second-order valence-electron chi connectivity index (χ2n) is 5.35. The first kappa shape index (κ1) is 15.2. The largest absolute Gasteiger partial charge is 0.321 e. The molecule has 0 radical (unpaired) electrons. The Balaban J connectivity index is 1.48. The molecule has 1 amide bonds. The van der Waals surface area contributed by atoms with Gasteiger partial charge in [-0.15, -0.1) is 5.10 Å². The molecular formula is C18H13N5OS. The summed E-state index contributed by atoms with van der Waals surface area (Å²) in [5, 5.41) is 15.7. The zero-order valence-electron chi connectivity index (χ0n) is 13.0. The van der Waals surface area contributed by atoms with E-state index in [4.69, 9.17) is 0 Å². The van der Waals surface area contributed by atoms with Crippen LogP contribution in [0.2, 0.25) is 0 Å². The molecule has 4 aromatic rings. The Morgan fingerprint density at radius 2 is 1.72 bits per heavy atom. The van der Waals surface area contributed by atoms with Gasteiger partial charge in [0.25, 0.3) is 5.91 Å². The van der Waals surface area contributed by atoms with Crippen molar-refractivity contribution in [3.8, 4) is 22.5 Å². The lowest BCUT2D eigenvalue weighted by Gasteiger charge is -2.04. The first-order valence-corrected chi connectivity index (χ1v) is 8.43. The van der Waals surface area contributed by atoms with Gasteiger partial charge in [0.2, 0.25) is 0 Å². The zero-order valence-corrected chi connectivity index (χ0v) is 13.8. The number of benzene rings is 2. The van der Waals surface area contributed by atoms with Gasteiger partial charge in [-0.25, -0.2) is 0 Å². The van der Waals surface area contributed by atoms with Crippen molar-refractivity contribution in [2.45, 2.75) is 0 Å². The molecule has 2 aromatic heterocycles. The Morgan fingerprint density at radius 3 is 2.44 bits per heavy atom. The van der Waals surface area contributed by atoms with Crippen LogP contribution in [-0.4, -0.2) is 25.7 Å². The lowest BCUT2D eigenvalue weighted by molar-refractivity contribution is 0.102. The van der Waals surface area contributed by atoms with Gasteiger partial charge in [-0.05, 0) is 29.7 Å². The summed E-state index contributed by atoms with van der Waals surface area (Å²) in [6.07, 6.45) is 0. The number of carbonyl (C=O) groups excluding carboxylic acids is 1. The Labute approximate surface area is 147 Å². The fourth-order valence-corrected chi connectivity index (χ4v) is 2.87. The summed E-state index contributed by atoms with van der Waals surface area (Å²) in [5.41, 5.74) is 4.58. The van der Waals surface area contributed by atoms with Gasteiger partial charge >= 0.3 is 0 Å². The number of carbonyl (C=O) groups is 1. The van der Waals surface area contributed by atoms with Gasteiger partial charge in [0.1, 0.15) is 11.4 Å². The molecule has 0 saturated heterocycles. The van der Waals surface area contributed by atoms with Crippen molar-refractivity contribution < 1.29 is 4.79 Å². The first-order valence-electron chi connectivity index (χ1n) is 7.59. The predicted octanol–water partition coefficient (Wildman–Crippen LogP) is 3.85. The van der Waals surface area contributed by atoms with E-state index in [0.717, 1.165) is 22.5 Å². The quantitative estimate of drug-likeness (QED) is 0.587. The van der Waals surface area contributed by atoms with E-state index in [2.05, 4.69) is 25.1 Å². The highest BCUT2D eigenvalue weighted by Gasteiger charge is 2.11. The molecule has 0 aliphatic carbocycles. The van der Waals surface area contributed by atoms with Crippen LogP contribution < -0.4 is 5.32 Å². The molecule has 0 bridgehead atoms. The van der Waals surface area contributed by atoms with Crippen molar-refractivity contribution in [1.29, 1.82) is 0 Å². The maximum absolute atomic E-state index is 12.4. The highest BCUT2D eigenvalue weighted by molar-refractivity contribution is 7.03. The summed E-state index contributed by atoms with van der Waals surface area (Å²) in [7, 11) is 0. The Bertz CT molecular complexity index is 978. The monoisotopic (exact) mass is 347 g/mol. The molecule has 0 fully saturated rings. The number of hydrogen-bond donors (Lipinski definition) is 2. The summed E-state index contributed by atoms with van der Waals surface area (Å²) in [5.74, 6) is -0.238. The van der Waals surface area contributed by atoms with Crippen LogP contribution in [0.5, 0.6) is 0 Å². The molecule has 2 N–H and O–H groups in total. The Hall–Kier alpha value is -3.32. The molecule has 0 unspecified atom stereocenters. The van der Waals surface area contributed by atoms with E-state index in [1.165, 1.54) is 11.5 Å². The summed E-state index contributed by atoms with van der Waals surface area (Å²) in [4.78, 5) is 12.4. The third-order valence-electron chi connectivity index (χ3n) is 3.69. The van der Waals surface area contributed by atoms with Crippen molar-refractivity contribution in [1.82, 2.24) is 19.8 Å². The van der Waals surface area contributed by atoms with Gasteiger partial charge < -0.3 is 5.32 Å². The van der Waals surface area contributed by atoms with E-state index >= 15 is 0 Å². The summed E-state index contributed by atoms with van der Waals surface area (Å²) < 4.78 is 3.85. The summed E-state index contributed by atoms with van der Waals surface area (Å²) in [6.45, 7) is 0. The smallest absolute Gasteiger partial charge is 0.273 e. The summed E-state index contributed by atoms with van der Waals surface area (Å²) in [6, 6.07) is 18.9. The molecule has 6 nitrogen and oxygen atoms in total. The van der Waals surface area contributed by atoms with Crippen LogP contribution in [0.15, 0.2) is 66.0 Å². The number of aromatic amines is 1. The van der Waals surface area contributed by atoms with Crippen molar-refractivity contribution in [2.75, 3.05) is 5.32 Å². The SMILES string of the molecule is O=C(Nc1ccc(-c2csnn2)cc1)c1cc(-c2ccccc2)n[nH]1. The molecule has 0 saturated carbocycles. The normalized spacial score (nSPS) is 10.6. The number of aromatic nitrogens is 4. The second kappa shape index (κ2) is 6.66. The van der Waals surface area contributed by atoms with Gasteiger partial charge in [-0.2, -0.15) is 5.10 Å². The first-order chi connectivity index (χ1) is 12.3. The molecule has 2 aromatic carbocycles. The number of H-pyrrole nitrogens is 1. The molecule has 2 heterocycles. The van der Waals surface area contributed by atoms with Gasteiger partial charge in [-0.1, -0.05) is 47.0 Å². The molecule has 0 aliphatic rings. The van der Waals surface area contributed by atoms with Crippen LogP contribution in [0.1, 0.15) is 10.5 Å². The predicted molar refractivity (Wildman–Crippen MR) is 97.3 cm³/mol. The fourth-order valence-electron chi connectivity index (χ4n) is 2.41. The van der Waals surface area contributed by atoms with Crippen LogP contribution in [0.25, 0.3) is 22.5 Å². The van der Waals surface area contributed by atoms with E-state index in [-0.39, 0.29) is 5.91 Å². The highest BCUT2D eigenvalue weighted by Crippen LogP contribution is 2.21. The van der Waals surface area contributed by atoms with Gasteiger partial charge in [0.15, 0.2) is 0 Å².